The molecule has 0 N–H and O–H groups in total. The van der Waals surface area contributed by atoms with Crippen LogP contribution < -0.4 is 21.2 Å². The van der Waals surface area contributed by atoms with E-state index in [-0.39, 0.29) is 0 Å². The van der Waals surface area contributed by atoms with E-state index in [0.29, 0.717) is 21.2 Å². The zero-order valence-electron chi connectivity index (χ0n) is 3.69. The molecule has 1 heterocycles. The maximum absolute atomic E-state index is 3.90. The summed E-state index contributed by atoms with van der Waals surface area (Å²) in [4.78, 5) is 3.90. The predicted molar refractivity (Wildman–Crippen MR) is 23.1 cm³/mol. The maximum atomic E-state index is 3.90. The Kier molecular flexibility index (Phi) is 1.45. The van der Waals surface area contributed by atoms with Crippen LogP contribution in [0.25, 0.3) is 0 Å². The average Bonchev–Trinajstić information content (AvgIpc) is 2.21. The molecule has 1 nitrogen and oxygen atoms in total. The number of rotatable bonds is 1. The summed E-state index contributed by atoms with van der Waals surface area (Å²) >= 11 is 0.618. The van der Waals surface area contributed by atoms with Gasteiger partial charge >= 0.3 is 47.8 Å². The number of hydrogen-bond donors (Lipinski definition) is 0. The summed E-state index contributed by atoms with van der Waals surface area (Å²) in [6.07, 6.45) is 2.08. The van der Waals surface area contributed by atoms with Gasteiger partial charge in [-0.25, -0.2) is 0 Å². The van der Waals surface area contributed by atoms with Gasteiger partial charge in [0.2, 0.25) is 0 Å². The van der Waals surface area contributed by atoms with E-state index in [2.05, 4.69) is 11.2 Å². The van der Waals surface area contributed by atoms with E-state index in [1.165, 1.54) is 4.43 Å². The van der Waals surface area contributed by atoms with Crippen LogP contribution in [-0.2, 0) is 0 Å². The third-order valence-corrected chi connectivity index (χ3v) is 2.86. The number of aliphatic imine (C=N–C) groups is 1. The second-order valence-electron chi connectivity index (χ2n) is 1.23. The molecule has 0 bridgehead atoms. The molecule has 0 spiro atoms. The van der Waals surface area contributed by atoms with Gasteiger partial charge in [0.1, 0.15) is 0 Å². The van der Waals surface area contributed by atoms with Gasteiger partial charge in [-0.3, -0.25) is 0 Å². The Balaban J connectivity index is 2.15. The quantitative estimate of drug-likeness (QED) is 0.243. The number of alkyl halides is 2. The second-order valence-corrected chi connectivity index (χ2v) is 4.59. The van der Waals surface area contributed by atoms with Crippen molar-refractivity contribution >= 4 is 6.21 Å². The number of hydrogen-bond acceptors (Lipinski definition) is 1. The van der Waals surface area contributed by atoms with E-state index in [1.54, 1.807) is 0 Å². The predicted octanol–water partition coefficient (Wildman–Crippen LogP) is -2.84. The fourth-order valence-electron chi connectivity index (χ4n) is 0.293. The summed E-state index contributed by atoms with van der Waals surface area (Å²) in [5, 5.41) is 0. The zero-order chi connectivity index (χ0) is 4.41. The van der Waals surface area contributed by atoms with Crippen LogP contribution in [0.3, 0.4) is 0 Å². The summed E-state index contributed by atoms with van der Waals surface area (Å²) in [5.41, 5.74) is 0. The molecule has 6 heavy (non-hydrogen) atoms. The normalized spacial score (nSPS) is 33.2. The monoisotopic (exact) mass is 196 g/mol. The number of halogens is 1. The van der Waals surface area contributed by atoms with Crippen LogP contribution in [0.4, 0.5) is 0 Å². The van der Waals surface area contributed by atoms with E-state index in [1.807, 2.05) is 7.05 Å². The van der Waals surface area contributed by atoms with E-state index < -0.39 is 0 Å². The van der Waals surface area contributed by atoms with Crippen LogP contribution in [0.5, 0.6) is 0 Å². The van der Waals surface area contributed by atoms with Gasteiger partial charge in [0.05, 0.1) is 0 Å². The van der Waals surface area contributed by atoms with Crippen molar-refractivity contribution in [2.45, 2.75) is 3.92 Å². The van der Waals surface area contributed by atoms with Gasteiger partial charge in [-0.15, -0.1) is 0 Å². The number of nitrogens with zero attached hydrogens (tertiary/aromatic N) is 1. The van der Waals surface area contributed by atoms with Gasteiger partial charge in [0, 0.05) is 0 Å². The van der Waals surface area contributed by atoms with Crippen molar-refractivity contribution < 1.29 is 21.2 Å². The first kappa shape index (κ1) is 4.56. The molecule has 0 aromatic carbocycles. The minimum absolute atomic E-state index is 0.618. The Bertz CT molecular complexity index is 65.9. The third-order valence-electron chi connectivity index (χ3n) is 0.643. The van der Waals surface area contributed by atoms with E-state index >= 15 is 0 Å². The van der Waals surface area contributed by atoms with Crippen LogP contribution >= 0.6 is 0 Å². The van der Waals surface area contributed by atoms with Crippen molar-refractivity contribution in [1.82, 2.24) is 0 Å². The van der Waals surface area contributed by atoms with Gasteiger partial charge in [0.25, 0.3) is 0 Å². The summed E-state index contributed by atoms with van der Waals surface area (Å²) in [5.74, 6) is 0. The molecule has 0 aromatic heterocycles. The van der Waals surface area contributed by atoms with Crippen LogP contribution in [0.15, 0.2) is 4.99 Å². The third kappa shape index (κ3) is 1.24. The SMILES string of the molecule is CN=CC1C[I-]1. The van der Waals surface area contributed by atoms with Crippen molar-refractivity contribution in [3.8, 4) is 0 Å². The van der Waals surface area contributed by atoms with Crippen LogP contribution in [-0.4, -0.2) is 21.6 Å². The molecule has 1 aliphatic rings. The van der Waals surface area contributed by atoms with Crippen LogP contribution in [0.2, 0.25) is 0 Å². The minimum atomic E-state index is 0.618. The molecule has 1 rings (SSSR count). The fraction of sp³-hybridized carbons (Fsp3) is 0.750. The molecule has 1 aliphatic heterocycles. The van der Waals surface area contributed by atoms with Crippen molar-refractivity contribution in [3.05, 3.63) is 0 Å². The molecule has 0 saturated carbocycles. The molecule has 1 atom stereocenters. The van der Waals surface area contributed by atoms with Gasteiger partial charge in [-0.2, -0.15) is 0 Å². The molecule has 1 unspecified atom stereocenters. The molecule has 0 aliphatic carbocycles. The van der Waals surface area contributed by atoms with E-state index in [9.17, 15) is 0 Å². The Morgan fingerprint density at radius 3 is 2.83 bits per heavy atom. The zero-order valence-corrected chi connectivity index (χ0v) is 5.84. The molecule has 0 aromatic rings. The Morgan fingerprint density at radius 1 is 2.00 bits per heavy atom. The second kappa shape index (κ2) is 1.91. The molecule has 1 saturated heterocycles. The first-order valence-electron chi connectivity index (χ1n) is 1.93. The first-order valence-corrected chi connectivity index (χ1v) is 4.70. The molecule has 36 valence electrons. The summed E-state index contributed by atoms with van der Waals surface area (Å²) < 4.78 is 2.45. The van der Waals surface area contributed by atoms with Gasteiger partial charge < -0.3 is 0 Å². The average molecular weight is 196 g/mol. The van der Waals surface area contributed by atoms with Gasteiger partial charge in [0.15, 0.2) is 0 Å². The first-order chi connectivity index (χ1) is 2.93. The topological polar surface area (TPSA) is 12.4 Å². The molecular formula is C4H7IN-. The Labute approximate surface area is 48.1 Å². The molecule has 2 heteroatoms. The van der Waals surface area contributed by atoms with Gasteiger partial charge in [-0.1, -0.05) is 0 Å². The van der Waals surface area contributed by atoms with Crippen molar-refractivity contribution in [2.75, 3.05) is 11.5 Å². The van der Waals surface area contributed by atoms with Crippen LogP contribution in [0, 0.1) is 0 Å². The standard InChI is InChI=1S/C4H7IN/c1-6-3-4-2-5-4/h3-4H,2H2,1H3/q-1. The summed E-state index contributed by atoms with van der Waals surface area (Å²) in [7, 11) is 1.85. The van der Waals surface area contributed by atoms with Crippen molar-refractivity contribution in [3.63, 3.8) is 0 Å². The molecule has 1 fully saturated rings. The van der Waals surface area contributed by atoms with Crippen molar-refractivity contribution in [1.29, 1.82) is 0 Å². The van der Waals surface area contributed by atoms with Crippen LogP contribution in [0.1, 0.15) is 0 Å². The molecular weight excluding hydrogens is 189 g/mol. The Morgan fingerprint density at radius 2 is 2.67 bits per heavy atom. The van der Waals surface area contributed by atoms with E-state index in [0.717, 1.165) is 3.92 Å². The summed E-state index contributed by atoms with van der Waals surface area (Å²) in [6, 6.07) is 0. The molecule has 0 amide bonds. The summed E-state index contributed by atoms with van der Waals surface area (Å²) in [6.45, 7) is 0. The van der Waals surface area contributed by atoms with Gasteiger partial charge in [-0.05, 0) is 0 Å². The molecule has 0 radical (unpaired) electrons. The van der Waals surface area contributed by atoms with Crippen molar-refractivity contribution in [2.24, 2.45) is 4.99 Å². The fourth-order valence-corrected chi connectivity index (χ4v) is 1.36. The Hall–Kier alpha value is 0.400. The van der Waals surface area contributed by atoms with E-state index in [4.69, 9.17) is 0 Å².